The molecule has 92 valence electrons. The summed E-state index contributed by atoms with van der Waals surface area (Å²) >= 11 is 0. The molecule has 0 amide bonds. The van der Waals surface area contributed by atoms with Crippen molar-refractivity contribution in [1.29, 1.82) is 0 Å². The molecule has 17 heavy (non-hydrogen) atoms. The zero-order valence-corrected chi connectivity index (χ0v) is 10.0. The van der Waals surface area contributed by atoms with Crippen LogP contribution in [-0.4, -0.2) is 43.3 Å². The van der Waals surface area contributed by atoms with Crippen LogP contribution < -0.4 is 0 Å². The topological polar surface area (TPSA) is 21.7 Å². The van der Waals surface area contributed by atoms with Gasteiger partial charge in [0.15, 0.2) is 0 Å². The second-order valence-corrected chi connectivity index (χ2v) is 4.89. The Hall–Kier alpha value is -0.900. The van der Waals surface area contributed by atoms with Crippen molar-refractivity contribution in [3.8, 4) is 0 Å². The number of hydrogen-bond donors (Lipinski definition) is 0. The summed E-state index contributed by atoms with van der Waals surface area (Å²) in [7, 11) is 0. The molecule has 3 nitrogen and oxygen atoms in total. The summed E-state index contributed by atoms with van der Waals surface area (Å²) in [4.78, 5) is 2.50. The highest BCUT2D eigenvalue weighted by Gasteiger charge is 2.34. The molecule has 2 saturated heterocycles. The summed E-state index contributed by atoms with van der Waals surface area (Å²) in [6, 6.07) is 10.8. The van der Waals surface area contributed by atoms with E-state index in [1.807, 2.05) is 18.2 Å². The lowest BCUT2D eigenvalue weighted by atomic mass is 10.2. The predicted octanol–water partition coefficient (Wildman–Crippen LogP) is 1.68. The van der Waals surface area contributed by atoms with Gasteiger partial charge in [0.25, 0.3) is 0 Å². The SMILES string of the molecule is c1ccc(COC[C@@H]2CO[C@H]3CCN2C3)cc1. The van der Waals surface area contributed by atoms with E-state index in [4.69, 9.17) is 9.47 Å². The van der Waals surface area contributed by atoms with Gasteiger partial charge >= 0.3 is 0 Å². The number of rotatable bonds is 4. The minimum Gasteiger partial charge on any atom is -0.375 e. The van der Waals surface area contributed by atoms with Gasteiger partial charge in [-0.25, -0.2) is 0 Å². The van der Waals surface area contributed by atoms with Crippen molar-refractivity contribution in [3.05, 3.63) is 35.9 Å². The van der Waals surface area contributed by atoms with Gasteiger partial charge in [0.1, 0.15) is 0 Å². The van der Waals surface area contributed by atoms with Crippen LogP contribution in [0.25, 0.3) is 0 Å². The standard InChI is InChI=1S/C14H19NO2/c1-2-4-12(5-3-1)9-16-10-13-11-17-14-6-7-15(13)8-14/h1-5,13-14H,6-11H2/t13-,14+/m1/s1. The van der Waals surface area contributed by atoms with Crippen LogP contribution in [0.4, 0.5) is 0 Å². The average molecular weight is 233 g/mol. The first-order valence-corrected chi connectivity index (χ1v) is 6.39. The third-order valence-electron chi connectivity index (χ3n) is 3.64. The highest BCUT2D eigenvalue weighted by molar-refractivity contribution is 5.13. The highest BCUT2D eigenvalue weighted by atomic mass is 16.5. The number of nitrogens with zero attached hydrogens (tertiary/aromatic N) is 1. The first-order chi connectivity index (χ1) is 8.42. The summed E-state index contributed by atoms with van der Waals surface area (Å²) in [6.07, 6.45) is 1.68. The van der Waals surface area contributed by atoms with Crippen LogP contribution >= 0.6 is 0 Å². The molecule has 0 aromatic heterocycles. The molecule has 3 rings (SSSR count). The van der Waals surface area contributed by atoms with Crippen molar-refractivity contribution in [3.63, 3.8) is 0 Å². The largest absolute Gasteiger partial charge is 0.375 e. The van der Waals surface area contributed by atoms with Crippen molar-refractivity contribution in [2.45, 2.75) is 25.2 Å². The van der Waals surface area contributed by atoms with E-state index in [0.717, 1.165) is 19.8 Å². The maximum absolute atomic E-state index is 5.79. The van der Waals surface area contributed by atoms with Gasteiger partial charge in [-0.2, -0.15) is 0 Å². The number of fused-ring (bicyclic) bond motifs is 2. The molecule has 3 atom stereocenters. The molecular formula is C14H19NO2. The minimum absolute atomic E-state index is 0.456. The van der Waals surface area contributed by atoms with Crippen LogP contribution in [-0.2, 0) is 16.1 Å². The van der Waals surface area contributed by atoms with E-state index in [-0.39, 0.29) is 0 Å². The first kappa shape index (κ1) is 11.2. The van der Waals surface area contributed by atoms with E-state index in [9.17, 15) is 0 Å². The number of morpholine rings is 1. The quantitative estimate of drug-likeness (QED) is 0.789. The normalized spacial score (nSPS) is 31.6. The molecule has 1 aromatic carbocycles. The first-order valence-electron chi connectivity index (χ1n) is 6.39. The van der Waals surface area contributed by atoms with Crippen molar-refractivity contribution >= 4 is 0 Å². The molecule has 2 fully saturated rings. The maximum atomic E-state index is 5.79. The van der Waals surface area contributed by atoms with Gasteiger partial charge in [-0.3, -0.25) is 4.90 Å². The molecule has 0 N–H and O–H groups in total. The number of benzene rings is 1. The van der Waals surface area contributed by atoms with Crippen molar-refractivity contribution < 1.29 is 9.47 Å². The van der Waals surface area contributed by atoms with Crippen LogP contribution in [0.5, 0.6) is 0 Å². The second kappa shape index (κ2) is 5.17. The monoisotopic (exact) mass is 233 g/mol. The Kier molecular flexibility index (Phi) is 3.41. The zero-order chi connectivity index (χ0) is 11.5. The van der Waals surface area contributed by atoms with Crippen LogP contribution in [0.3, 0.4) is 0 Å². The third kappa shape index (κ3) is 2.68. The van der Waals surface area contributed by atoms with Gasteiger partial charge in [0.2, 0.25) is 0 Å². The molecule has 0 saturated carbocycles. The van der Waals surface area contributed by atoms with E-state index < -0.39 is 0 Å². The molecule has 3 heteroatoms. The molecule has 2 aliphatic heterocycles. The molecule has 0 aliphatic carbocycles. The summed E-state index contributed by atoms with van der Waals surface area (Å²) in [5, 5.41) is 0. The Bertz CT molecular complexity index is 354. The Labute approximate surface area is 102 Å². The van der Waals surface area contributed by atoms with Crippen LogP contribution in [0, 0.1) is 0 Å². The van der Waals surface area contributed by atoms with E-state index in [1.165, 1.54) is 18.5 Å². The summed E-state index contributed by atoms with van der Waals surface area (Å²) in [6.45, 7) is 4.58. The van der Waals surface area contributed by atoms with Crippen molar-refractivity contribution in [2.75, 3.05) is 26.3 Å². The minimum atomic E-state index is 0.456. The Balaban J connectivity index is 1.45. The van der Waals surface area contributed by atoms with Gasteiger partial charge in [0.05, 0.1) is 32.0 Å². The van der Waals surface area contributed by atoms with Crippen LogP contribution in [0.2, 0.25) is 0 Å². The average Bonchev–Trinajstić information content (AvgIpc) is 2.76. The second-order valence-electron chi connectivity index (χ2n) is 4.89. The molecule has 2 bridgehead atoms. The Morgan fingerprint density at radius 1 is 1.29 bits per heavy atom. The fraction of sp³-hybridized carbons (Fsp3) is 0.571. The summed E-state index contributed by atoms with van der Waals surface area (Å²) < 4.78 is 11.6. The van der Waals surface area contributed by atoms with E-state index in [0.29, 0.717) is 18.8 Å². The molecule has 0 spiro atoms. The molecule has 1 aromatic rings. The van der Waals surface area contributed by atoms with Crippen LogP contribution in [0.15, 0.2) is 30.3 Å². The van der Waals surface area contributed by atoms with E-state index in [2.05, 4.69) is 17.0 Å². The lowest BCUT2D eigenvalue weighted by Gasteiger charge is -2.31. The lowest BCUT2D eigenvalue weighted by molar-refractivity contribution is -0.0483. The fourth-order valence-corrected chi connectivity index (χ4v) is 2.61. The molecule has 1 unspecified atom stereocenters. The number of hydrogen-bond acceptors (Lipinski definition) is 3. The van der Waals surface area contributed by atoms with Crippen molar-refractivity contribution in [1.82, 2.24) is 4.90 Å². The van der Waals surface area contributed by atoms with E-state index >= 15 is 0 Å². The molecule has 0 radical (unpaired) electrons. The fourth-order valence-electron chi connectivity index (χ4n) is 2.61. The molecular weight excluding hydrogens is 214 g/mol. The maximum Gasteiger partial charge on any atom is 0.0717 e. The van der Waals surface area contributed by atoms with Crippen LogP contribution in [0.1, 0.15) is 12.0 Å². The van der Waals surface area contributed by atoms with Gasteiger partial charge in [0, 0.05) is 13.1 Å². The molecule has 2 heterocycles. The van der Waals surface area contributed by atoms with Gasteiger partial charge in [-0.15, -0.1) is 0 Å². The van der Waals surface area contributed by atoms with Gasteiger partial charge in [-0.1, -0.05) is 30.3 Å². The predicted molar refractivity (Wildman–Crippen MR) is 65.8 cm³/mol. The molecule has 2 aliphatic rings. The van der Waals surface area contributed by atoms with Gasteiger partial charge < -0.3 is 9.47 Å². The summed E-state index contributed by atoms with van der Waals surface area (Å²) in [5.74, 6) is 0. The highest BCUT2D eigenvalue weighted by Crippen LogP contribution is 2.22. The van der Waals surface area contributed by atoms with Crippen molar-refractivity contribution in [2.24, 2.45) is 0 Å². The van der Waals surface area contributed by atoms with Gasteiger partial charge in [-0.05, 0) is 12.0 Å². The smallest absolute Gasteiger partial charge is 0.0717 e. The summed E-state index contributed by atoms with van der Waals surface area (Å²) in [5.41, 5.74) is 1.24. The Morgan fingerprint density at radius 2 is 2.18 bits per heavy atom. The lowest BCUT2D eigenvalue weighted by Crippen LogP contribution is -2.45. The zero-order valence-electron chi connectivity index (χ0n) is 10.0. The number of ether oxygens (including phenoxy) is 2. The Morgan fingerprint density at radius 3 is 3.06 bits per heavy atom. The third-order valence-corrected chi connectivity index (χ3v) is 3.64. The van der Waals surface area contributed by atoms with E-state index in [1.54, 1.807) is 0 Å².